The van der Waals surface area contributed by atoms with Crippen LogP contribution in [0.3, 0.4) is 0 Å². The fraction of sp³-hybridized carbons (Fsp3) is 0.231. The second kappa shape index (κ2) is 4.25. The van der Waals surface area contributed by atoms with Crippen LogP contribution >= 0.6 is 0 Å². The molecule has 1 aromatic heterocycles. The van der Waals surface area contributed by atoms with Crippen molar-refractivity contribution in [2.75, 3.05) is 0 Å². The van der Waals surface area contributed by atoms with Gasteiger partial charge in [-0.1, -0.05) is 0 Å². The molecule has 0 saturated heterocycles. The molecule has 0 amide bonds. The quantitative estimate of drug-likeness (QED) is 0.879. The predicted molar refractivity (Wildman–Crippen MR) is 65.2 cm³/mol. The molecule has 0 unspecified atom stereocenters. The fourth-order valence-electron chi connectivity index (χ4n) is 2.05. The Labute approximate surface area is 102 Å². The minimum atomic E-state index is -1.08. The van der Waals surface area contributed by atoms with Gasteiger partial charge in [0.05, 0.1) is 11.9 Å². The second-order valence-corrected chi connectivity index (χ2v) is 4.18. The average molecular weight is 249 g/mol. The van der Waals surface area contributed by atoms with Gasteiger partial charge in [0.25, 0.3) is 0 Å². The SMILES string of the molecule is Cc1c(CC(=O)O)c(=O)c2cc(F)ccc2n1C. The Hall–Kier alpha value is -2.17. The third-order valence-corrected chi connectivity index (χ3v) is 3.11. The molecule has 0 aliphatic heterocycles. The van der Waals surface area contributed by atoms with E-state index in [1.54, 1.807) is 18.5 Å². The maximum Gasteiger partial charge on any atom is 0.308 e. The van der Waals surface area contributed by atoms with E-state index in [0.29, 0.717) is 11.2 Å². The van der Waals surface area contributed by atoms with Crippen LogP contribution in [0.15, 0.2) is 23.0 Å². The van der Waals surface area contributed by atoms with Crippen LogP contribution in [0.25, 0.3) is 10.9 Å². The first-order valence-electron chi connectivity index (χ1n) is 5.41. The van der Waals surface area contributed by atoms with Crippen molar-refractivity contribution in [2.24, 2.45) is 7.05 Å². The lowest BCUT2D eigenvalue weighted by Crippen LogP contribution is -2.20. The lowest BCUT2D eigenvalue weighted by molar-refractivity contribution is -0.136. The molecule has 0 spiro atoms. The first kappa shape index (κ1) is 12.3. The Bertz CT molecular complexity index is 703. The molecule has 0 bridgehead atoms. The topological polar surface area (TPSA) is 59.3 Å². The van der Waals surface area contributed by atoms with Crippen molar-refractivity contribution in [1.29, 1.82) is 0 Å². The Morgan fingerprint density at radius 1 is 1.44 bits per heavy atom. The van der Waals surface area contributed by atoms with Crippen molar-refractivity contribution in [3.63, 3.8) is 0 Å². The lowest BCUT2D eigenvalue weighted by Gasteiger charge is -2.13. The van der Waals surface area contributed by atoms with E-state index in [4.69, 9.17) is 5.11 Å². The molecule has 0 fully saturated rings. The molecule has 0 saturated carbocycles. The molecule has 94 valence electrons. The van der Waals surface area contributed by atoms with E-state index in [9.17, 15) is 14.0 Å². The highest BCUT2D eigenvalue weighted by Gasteiger charge is 2.15. The van der Waals surface area contributed by atoms with E-state index in [1.807, 2.05) is 0 Å². The number of hydrogen-bond acceptors (Lipinski definition) is 2. The standard InChI is InChI=1S/C13H12FNO3/c1-7-9(6-12(16)17)13(18)10-5-8(14)3-4-11(10)15(7)2/h3-5H,6H2,1-2H3,(H,16,17). The van der Waals surface area contributed by atoms with Gasteiger partial charge in [-0.05, 0) is 25.1 Å². The molecule has 0 aliphatic rings. The summed E-state index contributed by atoms with van der Waals surface area (Å²) in [5.74, 6) is -1.59. The zero-order chi connectivity index (χ0) is 13.4. The first-order chi connectivity index (χ1) is 8.41. The molecular formula is C13H12FNO3. The second-order valence-electron chi connectivity index (χ2n) is 4.18. The van der Waals surface area contributed by atoms with Gasteiger partial charge in [0, 0.05) is 23.7 Å². The van der Waals surface area contributed by atoms with Crippen LogP contribution in [-0.2, 0) is 18.3 Å². The van der Waals surface area contributed by atoms with Crippen molar-refractivity contribution in [1.82, 2.24) is 4.57 Å². The van der Waals surface area contributed by atoms with Crippen molar-refractivity contribution in [2.45, 2.75) is 13.3 Å². The first-order valence-corrected chi connectivity index (χ1v) is 5.41. The van der Waals surface area contributed by atoms with Gasteiger partial charge in [-0.3, -0.25) is 9.59 Å². The van der Waals surface area contributed by atoms with Gasteiger partial charge in [0.2, 0.25) is 0 Å². The summed E-state index contributed by atoms with van der Waals surface area (Å²) in [6.07, 6.45) is -0.356. The Balaban J connectivity index is 2.88. The summed E-state index contributed by atoms with van der Waals surface area (Å²) >= 11 is 0. The smallest absolute Gasteiger partial charge is 0.308 e. The number of halogens is 1. The maximum absolute atomic E-state index is 13.2. The van der Waals surface area contributed by atoms with Gasteiger partial charge < -0.3 is 9.67 Å². The van der Waals surface area contributed by atoms with Crippen molar-refractivity contribution in [3.8, 4) is 0 Å². The van der Waals surface area contributed by atoms with E-state index in [1.165, 1.54) is 12.1 Å². The third-order valence-electron chi connectivity index (χ3n) is 3.11. The van der Waals surface area contributed by atoms with Crippen molar-refractivity contribution < 1.29 is 14.3 Å². The van der Waals surface area contributed by atoms with E-state index >= 15 is 0 Å². The molecule has 0 aliphatic carbocycles. The number of aryl methyl sites for hydroxylation is 1. The Kier molecular flexibility index (Phi) is 2.90. The minimum absolute atomic E-state index is 0.197. The van der Waals surface area contributed by atoms with Crippen LogP contribution in [0.1, 0.15) is 11.3 Å². The molecule has 0 atom stereocenters. The van der Waals surface area contributed by atoms with Crippen LogP contribution in [0, 0.1) is 12.7 Å². The van der Waals surface area contributed by atoms with Crippen molar-refractivity contribution >= 4 is 16.9 Å². The van der Waals surface area contributed by atoms with Gasteiger partial charge in [-0.25, -0.2) is 4.39 Å². The van der Waals surface area contributed by atoms with Gasteiger partial charge >= 0.3 is 5.97 Å². The molecule has 4 nitrogen and oxygen atoms in total. The monoisotopic (exact) mass is 249 g/mol. The summed E-state index contributed by atoms with van der Waals surface area (Å²) in [7, 11) is 1.72. The summed E-state index contributed by atoms with van der Waals surface area (Å²) in [6, 6.07) is 3.93. The molecule has 18 heavy (non-hydrogen) atoms. The Morgan fingerprint density at radius 3 is 2.72 bits per heavy atom. The molecule has 5 heteroatoms. The molecule has 1 N–H and O–H groups in total. The molecule has 0 radical (unpaired) electrons. The van der Waals surface area contributed by atoms with Gasteiger partial charge in [0.15, 0.2) is 5.43 Å². The fourth-order valence-corrected chi connectivity index (χ4v) is 2.05. The summed E-state index contributed by atoms with van der Waals surface area (Å²) in [5.41, 5.74) is 0.958. The number of benzene rings is 1. The number of nitrogens with zero attached hydrogens (tertiary/aromatic N) is 1. The minimum Gasteiger partial charge on any atom is -0.481 e. The summed E-state index contributed by atoms with van der Waals surface area (Å²) in [5, 5.41) is 9.02. The Morgan fingerprint density at radius 2 is 2.11 bits per heavy atom. The number of rotatable bonds is 2. The summed E-state index contributed by atoms with van der Waals surface area (Å²) in [6.45, 7) is 1.68. The van der Waals surface area contributed by atoms with Gasteiger partial charge in [0.1, 0.15) is 5.82 Å². The number of aromatic nitrogens is 1. The number of carboxylic acid groups (broad SMARTS) is 1. The van der Waals surface area contributed by atoms with Crippen molar-refractivity contribution in [3.05, 3.63) is 45.5 Å². The number of pyridine rings is 1. The largest absolute Gasteiger partial charge is 0.481 e. The van der Waals surface area contributed by atoms with E-state index < -0.39 is 17.2 Å². The highest BCUT2D eigenvalue weighted by molar-refractivity contribution is 5.82. The maximum atomic E-state index is 13.2. The number of carboxylic acids is 1. The van der Waals surface area contributed by atoms with E-state index in [-0.39, 0.29) is 17.4 Å². The van der Waals surface area contributed by atoms with Crippen LogP contribution < -0.4 is 5.43 Å². The number of hydrogen-bond donors (Lipinski definition) is 1. The van der Waals surface area contributed by atoms with Crippen LogP contribution in [0.5, 0.6) is 0 Å². The normalized spacial score (nSPS) is 10.8. The zero-order valence-corrected chi connectivity index (χ0v) is 10.0. The number of fused-ring (bicyclic) bond motifs is 1. The van der Waals surface area contributed by atoms with Gasteiger partial charge in [-0.15, -0.1) is 0 Å². The molecule has 2 rings (SSSR count). The average Bonchev–Trinajstić information content (AvgIpc) is 2.31. The molecule has 2 aromatic rings. The van der Waals surface area contributed by atoms with Crippen LogP contribution in [0.4, 0.5) is 4.39 Å². The summed E-state index contributed by atoms with van der Waals surface area (Å²) < 4.78 is 14.9. The van der Waals surface area contributed by atoms with Gasteiger partial charge in [-0.2, -0.15) is 0 Å². The molecule has 1 heterocycles. The zero-order valence-electron chi connectivity index (χ0n) is 10.0. The van der Waals surface area contributed by atoms with E-state index in [0.717, 1.165) is 6.07 Å². The lowest BCUT2D eigenvalue weighted by atomic mass is 10.1. The molecule has 1 aromatic carbocycles. The third kappa shape index (κ3) is 1.88. The highest BCUT2D eigenvalue weighted by Crippen LogP contribution is 2.16. The number of aliphatic carboxylic acids is 1. The predicted octanol–water partition coefficient (Wildman–Crippen LogP) is 1.61. The highest BCUT2D eigenvalue weighted by atomic mass is 19.1. The number of carbonyl (C=O) groups is 1. The molecular weight excluding hydrogens is 237 g/mol. The van der Waals surface area contributed by atoms with Crippen LogP contribution in [-0.4, -0.2) is 15.6 Å². The van der Waals surface area contributed by atoms with E-state index in [2.05, 4.69) is 0 Å². The van der Waals surface area contributed by atoms with Crippen LogP contribution in [0.2, 0.25) is 0 Å². The summed E-state index contributed by atoms with van der Waals surface area (Å²) in [4.78, 5) is 22.9.